The van der Waals surface area contributed by atoms with E-state index < -0.39 is 10.0 Å². The molecule has 6 nitrogen and oxygen atoms in total. The van der Waals surface area contributed by atoms with Crippen molar-refractivity contribution in [1.29, 1.82) is 0 Å². The zero-order chi connectivity index (χ0) is 22.4. The lowest BCUT2D eigenvalue weighted by molar-refractivity contribution is 0.218. The third-order valence-corrected chi connectivity index (χ3v) is 6.24. The first-order valence-electron chi connectivity index (χ1n) is 10.9. The van der Waals surface area contributed by atoms with Crippen LogP contribution < -0.4 is 14.9 Å². The van der Waals surface area contributed by atoms with Gasteiger partial charge in [-0.05, 0) is 42.0 Å². The first-order valence-corrected chi connectivity index (χ1v) is 12.8. The molecule has 4 rings (SSSR count). The first kappa shape index (κ1) is 24.9. The summed E-state index contributed by atoms with van der Waals surface area (Å²) in [5, 5.41) is 3.54. The maximum absolute atomic E-state index is 11.4. The molecule has 0 saturated carbocycles. The van der Waals surface area contributed by atoms with Crippen molar-refractivity contribution in [2.45, 2.75) is 12.6 Å². The van der Waals surface area contributed by atoms with E-state index in [-0.39, 0.29) is 12.4 Å². The van der Waals surface area contributed by atoms with Gasteiger partial charge in [0.1, 0.15) is 0 Å². The van der Waals surface area contributed by atoms with Crippen molar-refractivity contribution in [2.24, 2.45) is 0 Å². The Labute approximate surface area is 203 Å². The van der Waals surface area contributed by atoms with Gasteiger partial charge in [-0.3, -0.25) is 9.62 Å². The average Bonchev–Trinajstić information content (AvgIpc) is 2.79. The number of nitrogens with one attached hydrogen (secondary N) is 2. The molecule has 2 N–H and O–H groups in total. The van der Waals surface area contributed by atoms with Gasteiger partial charge in [0, 0.05) is 49.8 Å². The monoisotopic (exact) mass is 486 g/mol. The van der Waals surface area contributed by atoms with Crippen molar-refractivity contribution < 1.29 is 8.42 Å². The van der Waals surface area contributed by atoms with E-state index in [0.717, 1.165) is 44.7 Å². The van der Waals surface area contributed by atoms with Gasteiger partial charge in [0.2, 0.25) is 10.0 Å². The van der Waals surface area contributed by atoms with Crippen molar-refractivity contribution in [2.75, 3.05) is 47.4 Å². The second-order valence-electron chi connectivity index (χ2n) is 8.24. The normalized spacial score (nSPS) is 16.6. The molecule has 1 aliphatic rings. The number of hydrogen-bond acceptors (Lipinski definition) is 5. The maximum atomic E-state index is 11.4. The van der Waals surface area contributed by atoms with Crippen molar-refractivity contribution in [3.63, 3.8) is 0 Å². The number of hydrogen-bond donors (Lipinski definition) is 2. The maximum Gasteiger partial charge on any atom is 0.229 e. The molecule has 0 spiro atoms. The van der Waals surface area contributed by atoms with Crippen LogP contribution >= 0.6 is 12.4 Å². The molecule has 3 aromatic rings. The highest BCUT2D eigenvalue weighted by Gasteiger charge is 2.27. The topological polar surface area (TPSA) is 64.7 Å². The van der Waals surface area contributed by atoms with Gasteiger partial charge in [-0.15, -0.1) is 12.4 Å². The van der Waals surface area contributed by atoms with E-state index >= 15 is 0 Å². The molecule has 1 aliphatic heterocycles. The Balaban J connectivity index is 0.00000306. The molecule has 8 heteroatoms. The summed E-state index contributed by atoms with van der Waals surface area (Å²) < 4.78 is 25.3. The predicted octanol–water partition coefficient (Wildman–Crippen LogP) is 4.28. The largest absolute Gasteiger partial charge is 0.383 e. The smallest absolute Gasteiger partial charge is 0.229 e. The highest BCUT2D eigenvalue weighted by molar-refractivity contribution is 7.92. The fourth-order valence-electron chi connectivity index (χ4n) is 4.14. The van der Waals surface area contributed by atoms with Crippen molar-refractivity contribution in [3.8, 4) is 0 Å². The number of piperazine rings is 1. The molecule has 1 unspecified atom stereocenters. The number of nitrogens with zero attached hydrogens (tertiary/aromatic N) is 2. The summed E-state index contributed by atoms with van der Waals surface area (Å²) in [7, 11) is -3.27. The average molecular weight is 487 g/mol. The van der Waals surface area contributed by atoms with E-state index in [1.807, 2.05) is 12.1 Å². The minimum absolute atomic E-state index is 0. The molecule has 1 saturated heterocycles. The highest BCUT2D eigenvalue weighted by Crippen LogP contribution is 2.22. The van der Waals surface area contributed by atoms with Gasteiger partial charge in [-0.1, -0.05) is 48.5 Å². The van der Waals surface area contributed by atoms with Gasteiger partial charge >= 0.3 is 0 Å². The molecule has 33 heavy (non-hydrogen) atoms. The zero-order valence-corrected chi connectivity index (χ0v) is 20.4. The lowest BCUT2D eigenvalue weighted by Gasteiger charge is -2.43. The first-order chi connectivity index (χ1) is 15.5. The van der Waals surface area contributed by atoms with Crippen LogP contribution in [0.2, 0.25) is 0 Å². The number of rotatable bonds is 8. The van der Waals surface area contributed by atoms with Crippen molar-refractivity contribution in [3.05, 3.63) is 90.5 Å². The predicted molar refractivity (Wildman–Crippen MR) is 140 cm³/mol. The van der Waals surface area contributed by atoms with Crippen LogP contribution in [0.3, 0.4) is 0 Å². The van der Waals surface area contributed by atoms with Crippen LogP contribution in [0.4, 0.5) is 17.1 Å². The summed E-state index contributed by atoms with van der Waals surface area (Å²) in [6.45, 7) is 4.70. The standard InChI is InChI=1S/C25H30N4O2S.ClH/c1-32(30,31)27-23-14-12-22(13-15-23)26-18-25-20-28(19-21-8-4-2-5-9-21)16-17-29(25)24-10-6-3-7-11-24;/h2-15,25-27H,16-20H2,1H3;1H. The fourth-order valence-corrected chi connectivity index (χ4v) is 4.71. The van der Waals surface area contributed by atoms with Crippen LogP contribution in [0.15, 0.2) is 84.9 Å². The van der Waals surface area contributed by atoms with Gasteiger partial charge in [0.05, 0.1) is 12.3 Å². The fraction of sp³-hybridized carbons (Fsp3) is 0.280. The summed E-state index contributed by atoms with van der Waals surface area (Å²) in [6.07, 6.45) is 1.15. The second-order valence-corrected chi connectivity index (χ2v) is 9.98. The van der Waals surface area contributed by atoms with Crippen LogP contribution in [-0.2, 0) is 16.6 Å². The van der Waals surface area contributed by atoms with E-state index in [9.17, 15) is 8.42 Å². The van der Waals surface area contributed by atoms with Gasteiger partial charge in [-0.2, -0.15) is 0 Å². The number of anilines is 3. The summed E-state index contributed by atoms with van der Waals surface area (Å²) in [5.74, 6) is 0. The minimum Gasteiger partial charge on any atom is -0.383 e. The van der Waals surface area contributed by atoms with E-state index in [2.05, 4.69) is 80.5 Å². The minimum atomic E-state index is -3.27. The summed E-state index contributed by atoms with van der Waals surface area (Å²) in [6, 6.07) is 28.9. The van der Waals surface area contributed by atoms with Gasteiger partial charge < -0.3 is 10.2 Å². The van der Waals surface area contributed by atoms with Crippen LogP contribution in [-0.4, -0.2) is 51.8 Å². The Kier molecular flexibility index (Phi) is 8.61. The Morgan fingerprint density at radius 1 is 0.848 bits per heavy atom. The van der Waals surface area contributed by atoms with Crippen LogP contribution in [0.5, 0.6) is 0 Å². The Morgan fingerprint density at radius 3 is 2.09 bits per heavy atom. The van der Waals surface area contributed by atoms with Crippen LogP contribution in [0.1, 0.15) is 5.56 Å². The Bertz CT molecular complexity index is 1100. The molecule has 1 heterocycles. The van der Waals surface area contributed by atoms with Gasteiger partial charge in [0.25, 0.3) is 0 Å². The van der Waals surface area contributed by atoms with E-state index in [0.29, 0.717) is 11.7 Å². The quantitative estimate of drug-likeness (QED) is 0.497. The molecule has 0 aromatic heterocycles. The van der Waals surface area contributed by atoms with E-state index in [1.165, 1.54) is 11.3 Å². The molecular formula is C25H31ClN4O2S. The lowest BCUT2D eigenvalue weighted by atomic mass is 10.1. The van der Waals surface area contributed by atoms with E-state index in [4.69, 9.17) is 0 Å². The third-order valence-electron chi connectivity index (χ3n) is 5.63. The Hall–Kier alpha value is -2.74. The molecule has 0 bridgehead atoms. The zero-order valence-electron chi connectivity index (χ0n) is 18.7. The molecular weight excluding hydrogens is 456 g/mol. The van der Waals surface area contributed by atoms with Gasteiger partial charge in [0.15, 0.2) is 0 Å². The molecule has 1 atom stereocenters. The molecule has 0 amide bonds. The second kappa shape index (κ2) is 11.4. The molecule has 0 radical (unpaired) electrons. The Morgan fingerprint density at radius 2 is 1.45 bits per heavy atom. The summed E-state index contributed by atoms with van der Waals surface area (Å²) in [5.41, 5.74) is 4.11. The number of para-hydroxylation sites is 1. The summed E-state index contributed by atoms with van der Waals surface area (Å²) >= 11 is 0. The number of halogens is 1. The van der Waals surface area contributed by atoms with Crippen LogP contribution in [0, 0.1) is 0 Å². The van der Waals surface area contributed by atoms with Gasteiger partial charge in [-0.25, -0.2) is 8.42 Å². The van der Waals surface area contributed by atoms with E-state index in [1.54, 1.807) is 12.1 Å². The van der Waals surface area contributed by atoms with Crippen LogP contribution in [0.25, 0.3) is 0 Å². The molecule has 176 valence electrons. The molecule has 0 aliphatic carbocycles. The van der Waals surface area contributed by atoms with Crippen molar-refractivity contribution in [1.82, 2.24) is 4.90 Å². The molecule has 1 fully saturated rings. The SMILES string of the molecule is CS(=O)(=O)Nc1ccc(NCC2CN(Cc3ccccc3)CCN2c2ccccc2)cc1.Cl. The number of benzene rings is 3. The number of sulfonamides is 1. The van der Waals surface area contributed by atoms with Crippen molar-refractivity contribution >= 4 is 39.5 Å². The lowest BCUT2D eigenvalue weighted by Crippen LogP contribution is -2.55. The molecule has 3 aromatic carbocycles. The summed E-state index contributed by atoms with van der Waals surface area (Å²) in [4.78, 5) is 4.99. The third kappa shape index (κ3) is 7.39. The highest BCUT2D eigenvalue weighted by atomic mass is 35.5.